The van der Waals surface area contributed by atoms with Crippen molar-refractivity contribution in [1.29, 1.82) is 0 Å². The Morgan fingerprint density at radius 2 is 1.87 bits per heavy atom. The number of sulfone groups is 1. The number of hydrogen-bond donors (Lipinski definition) is 0. The van der Waals surface area contributed by atoms with Gasteiger partial charge >= 0.3 is 0 Å². The lowest BCUT2D eigenvalue weighted by atomic mass is 9.99. The van der Waals surface area contributed by atoms with E-state index in [-0.39, 0.29) is 11.4 Å². The molecule has 2 aliphatic rings. The molecule has 1 saturated heterocycles. The Balaban J connectivity index is 1.77. The molecular formula is C22H24FN3O3S. The molecule has 6 nitrogen and oxygen atoms in total. The molecule has 1 amide bonds. The van der Waals surface area contributed by atoms with Gasteiger partial charge in [0, 0.05) is 18.7 Å². The second-order valence-corrected chi connectivity index (χ2v) is 9.84. The van der Waals surface area contributed by atoms with Crippen molar-refractivity contribution < 1.29 is 17.6 Å². The number of hydrazone groups is 1. The molecule has 0 unspecified atom stereocenters. The maximum Gasteiger partial charge on any atom is 0.286 e. The van der Waals surface area contributed by atoms with Crippen LogP contribution in [0.4, 0.5) is 10.1 Å². The van der Waals surface area contributed by atoms with Gasteiger partial charge in [-0.15, -0.1) is 0 Å². The minimum absolute atomic E-state index is 0.0203. The molecule has 158 valence electrons. The number of hydrogen-bond acceptors (Lipinski definition) is 5. The summed E-state index contributed by atoms with van der Waals surface area (Å²) >= 11 is 0. The fourth-order valence-corrected chi connectivity index (χ4v) is 5.25. The Bertz CT molecular complexity index is 1120. The second-order valence-electron chi connectivity index (χ2n) is 8.00. The molecule has 2 aliphatic heterocycles. The topological polar surface area (TPSA) is 70.1 Å². The van der Waals surface area contributed by atoms with E-state index in [4.69, 9.17) is 0 Å². The Hall–Kier alpha value is -2.74. The van der Waals surface area contributed by atoms with Crippen molar-refractivity contribution >= 4 is 26.5 Å². The van der Waals surface area contributed by atoms with E-state index in [9.17, 15) is 17.6 Å². The predicted molar refractivity (Wildman–Crippen MR) is 113 cm³/mol. The molecule has 8 heteroatoms. The summed E-state index contributed by atoms with van der Waals surface area (Å²) in [5.74, 6) is -0.500. The first-order valence-electron chi connectivity index (χ1n) is 10.0. The molecule has 1 fully saturated rings. The van der Waals surface area contributed by atoms with E-state index in [2.05, 4.69) is 12.0 Å². The van der Waals surface area contributed by atoms with Crippen LogP contribution in [0.15, 0.2) is 52.5 Å². The molecule has 0 bridgehead atoms. The van der Waals surface area contributed by atoms with Gasteiger partial charge in [0.15, 0.2) is 0 Å². The van der Waals surface area contributed by atoms with Gasteiger partial charge in [-0.3, -0.25) is 9.80 Å². The quantitative estimate of drug-likeness (QED) is 0.749. The van der Waals surface area contributed by atoms with Gasteiger partial charge in [-0.05, 0) is 49.4 Å². The van der Waals surface area contributed by atoms with Gasteiger partial charge in [0.1, 0.15) is 5.82 Å². The van der Waals surface area contributed by atoms with E-state index in [1.165, 1.54) is 17.1 Å². The van der Waals surface area contributed by atoms with Crippen LogP contribution < -0.4 is 5.01 Å². The maximum atomic E-state index is 14.3. The zero-order valence-corrected chi connectivity index (χ0v) is 17.8. The first kappa shape index (κ1) is 20.5. The van der Waals surface area contributed by atoms with Crippen molar-refractivity contribution in [2.45, 2.75) is 38.1 Å². The SMILES string of the molecule is Cc1ccc2c(c1)N(Cc1ccccc1F)N=C(C(=O)N1CCC(C)CC1)S2(=O)=O. The van der Waals surface area contributed by atoms with Crippen LogP contribution in [0.3, 0.4) is 0 Å². The minimum atomic E-state index is -4.07. The number of anilines is 1. The summed E-state index contributed by atoms with van der Waals surface area (Å²) in [4.78, 5) is 14.7. The fraction of sp³-hybridized carbons (Fsp3) is 0.364. The van der Waals surface area contributed by atoms with Gasteiger partial charge in [0.25, 0.3) is 5.91 Å². The van der Waals surface area contributed by atoms with Crippen molar-refractivity contribution in [2.24, 2.45) is 11.0 Å². The summed E-state index contributed by atoms with van der Waals surface area (Å²) in [6.45, 7) is 4.98. The van der Waals surface area contributed by atoms with Crippen LogP contribution >= 0.6 is 0 Å². The zero-order chi connectivity index (χ0) is 21.5. The van der Waals surface area contributed by atoms with Crippen LogP contribution in [0.1, 0.15) is 30.9 Å². The van der Waals surface area contributed by atoms with Crippen molar-refractivity contribution in [2.75, 3.05) is 18.1 Å². The number of amides is 1. The summed E-state index contributed by atoms with van der Waals surface area (Å²) in [5, 5.41) is 5.17. The Morgan fingerprint density at radius 1 is 1.17 bits per heavy atom. The summed E-state index contributed by atoms with van der Waals surface area (Å²) in [7, 11) is -4.07. The summed E-state index contributed by atoms with van der Waals surface area (Å²) in [5.41, 5.74) is 1.56. The molecule has 2 aromatic rings. The summed E-state index contributed by atoms with van der Waals surface area (Å²) < 4.78 is 40.8. The third kappa shape index (κ3) is 3.71. The molecule has 30 heavy (non-hydrogen) atoms. The average Bonchev–Trinajstić information content (AvgIpc) is 2.71. The number of fused-ring (bicyclic) bond motifs is 1. The number of likely N-dealkylation sites (tertiary alicyclic amines) is 1. The molecule has 2 aromatic carbocycles. The third-order valence-electron chi connectivity index (χ3n) is 5.68. The molecule has 0 atom stereocenters. The highest BCUT2D eigenvalue weighted by atomic mass is 32.2. The number of halogens is 1. The molecule has 0 N–H and O–H groups in total. The van der Waals surface area contributed by atoms with Gasteiger partial charge in [-0.25, -0.2) is 12.8 Å². The van der Waals surface area contributed by atoms with Crippen molar-refractivity contribution in [1.82, 2.24) is 4.90 Å². The normalized spacial score (nSPS) is 18.7. The lowest BCUT2D eigenvalue weighted by Crippen LogP contribution is -2.46. The van der Waals surface area contributed by atoms with E-state index in [0.717, 1.165) is 18.4 Å². The van der Waals surface area contributed by atoms with Gasteiger partial charge in [0.2, 0.25) is 14.9 Å². The van der Waals surface area contributed by atoms with Crippen LogP contribution in [0.25, 0.3) is 0 Å². The zero-order valence-electron chi connectivity index (χ0n) is 17.0. The van der Waals surface area contributed by atoms with Crippen LogP contribution in [0.2, 0.25) is 0 Å². The van der Waals surface area contributed by atoms with Gasteiger partial charge < -0.3 is 4.90 Å². The number of rotatable bonds is 3. The number of carbonyl (C=O) groups excluding carboxylic acids is 1. The van der Waals surface area contributed by atoms with Gasteiger partial charge in [-0.2, -0.15) is 5.10 Å². The van der Waals surface area contributed by atoms with E-state index in [0.29, 0.717) is 30.3 Å². The lowest BCUT2D eigenvalue weighted by molar-refractivity contribution is -0.125. The van der Waals surface area contributed by atoms with Crippen molar-refractivity contribution in [3.05, 3.63) is 59.4 Å². The lowest BCUT2D eigenvalue weighted by Gasteiger charge is -2.33. The molecule has 0 aromatic heterocycles. The Labute approximate surface area is 175 Å². The number of aryl methyl sites for hydroxylation is 1. The number of piperidine rings is 1. The first-order chi connectivity index (χ1) is 14.3. The molecule has 0 aliphatic carbocycles. The number of carbonyl (C=O) groups is 1. The molecular weight excluding hydrogens is 405 g/mol. The highest BCUT2D eigenvalue weighted by Gasteiger charge is 2.40. The van der Waals surface area contributed by atoms with Crippen molar-refractivity contribution in [3.63, 3.8) is 0 Å². The second kappa shape index (κ2) is 7.83. The molecule has 0 radical (unpaired) electrons. The highest BCUT2D eigenvalue weighted by Crippen LogP contribution is 2.34. The average molecular weight is 430 g/mol. The first-order valence-corrected chi connectivity index (χ1v) is 11.5. The minimum Gasteiger partial charge on any atom is -0.337 e. The fourth-order valence-electron chi connectivity index (χ4n) is 3.79. The summed E-state index contributed by atoms with van der Waals surface area (Å²) in [6, 6.07) is 11.1. The highest BCUT2D eigenvalue weighted by molar-refractivity contribution is 8.08. The van der Waals surface area contributed by atoms with E-state index in [1.807, 2.05) is 6.92 Å². The van der Waals surface area contributed by atoms with Gasteiger partial charge in [-0.1, -0.05) is 31.2 Å². The van der Waals surface area contributed by atoms with Crippen LogP contribution in [-0.4, -0.2) is 37.4 Å². The van der Waals surface area contributed by atoms with E-state index in [1.54, 1.807) is 35.2 Å². The molecule has 0 saturated carbocycles. The predicted octanol–water partition coefficient (Wildman–Crippen LogP) is 3.50. The maximum absolute atomic E-state index is 14.3. The number of nitrogens with zero attached hydrogens (tertiary/aromatic N) is 3. The summed E-state index contributed by atoms with van der Waals surface area (Å²) in [6.07, 6.45) is 1.65. The molecule has 0 spiro atoms. The van der Waals surface area contributed by atoms with Crippen molar-refractivity contribution in [3.8, 4) is 0 Å². The molecule has 4 rings (SSSR count). The smallest absolute Gasteiger partial charge is 0.286 e. The third-order valence-corrected chi connectivity index (χ3v) is 7.37. The Kier molecular flexibility index (Phi) is 5.36. The van der Waals surface area contributed by atoms with E-state index >= 15 is 0 Å². The standard InChI is InChI=1S/C22H24FN3O3S/c1-15-9-11-25(12-10-15)22(27)21-24-26(14-17-5-3-4-6-18(17)23)19-13-16(2)7-8-20(19)30(21,28)29/h3-8,13,15H,9-12,14H2,1-2H3. The van der Waals surface area contributed by atoms with Crippen LogP contribution in [0.5, 0.6) is 0 Å². The van der Waals surface area contributed by atoms with Crippen LogP contribution in [-0.2, 0) is 21.2 Å². The van der Waals surface area contributed by atoms with E-state index < -0.39 is 26.6 Å². The van der Waals surface area contributed by atoms with Gasteiger partial charge in [0.05, 0.1) is 17.1 Å². The molecule has 2 heterocycles. The monoisotopic (exact) mass is 429 g/mol. The number of benzene rings is 2. The Morgan fingerprint density at radius 3 is 2.57 bits per heavy atom. The van der Waals surface area contributed by atoms with Crippen LogP contribution in [0, 0.1) is 18.7 Å². The largest absolute Gasteiger partial charge is 0.337 e.